The average molecular weight is 195 g/mol. The van der Waals surface area contributed by atoms with E-state index in [1.165, 1.54) is 5.69 Å². The standard InChI is InChI=1S/C10H17N3O/c1-7-4-10(13(3)12-7)9-6-14-5-8(2)11-9/h4,8-9,11H,5-6H2,1-3H3. The van der Waals surface area contributed by atoms with E-state index >= 15 is 0 Å². The fraction of sp³-hybridized carbons (Fsp3) is 0.700. The summed E-state index contributed by atoms with van der Waals surface area (Å²) in [7, 11) is 1.98. The summed E-state index contributed by atoms with van der Waals surface area (Å²) >= 11 is 0. The minimum Gasteiger partial charge on any atom is -0.378 e. The molecule has 1 N–H and O–H groups in total. The Balaban J connectivity index is 2.17. The Morgan fingerprint density at radius 1 is 1.57 bits per heavy atom. The van der Waals surface area contributed by atoms with Crippen LogP contribution in [-0.2, 0) is 11.8 Å². The molecule has 0 aromatic carbocycles. The molecule has 1 aliphatic rings. The minimum atomic E-state index is 0.282. The highest BCUT2D eigenvalue weighted by Crippen LogP contribution is 2.17. The van der Waals surface area contributed by atoms with Crippen molar-refractivity contribution in [2.75, 3.05) is 13.2 Å². The van der Waals surface area contributed by atoms with Gasteiger partial charge in [-0.15, -0.1) is 0 Å². The number of nitrogens with zero attached hydrogens (tertiary/aromatic N) is 2. The largest absolute Gasteiger partial charge is 0.378 e. The number of morpholine rings is 1. The number of hydrogen-bond donors (Lipinski definition) is 1. The van der Waals surface area contributed by atoms with Gasteiger partial charge in [0.15, 0.2) is 0 Å². The molecule has 2 unspecified atom stereocenters. The highest BCUT2D eigenvalue weighted by molar-refractivity contribution is 5.13. The second-order valence-corrected chi connectivity index (χ2v) is 3.99. The van der Waals surface area contributed by atoms with Gasteiger partial charge in [-0.1, -0.05) is 0 Å². The Bertz CT molecular complexity index is 321. The van der Waals surface area contributed by atoms with Crippen molar-refractivity contribution >= 4 is 0 Å². The van der Waals surface area contributed by atoms with Crippen LogP contribution in [0.2, 0.25) is 0 Å². The van der Waals surface area contributed by atoms with Gasteiger partial charge in [-0.25, -0.2) is 0 Å². The van der Waals surface area contributed by atoms with E-state index in [2.05, 4.69) is 23.4 Å². The van der Waals surface area contributed by atoms with Crippen LogP contribution in [0.15, 0.2) is 6.07 Å². The Kier molecular flexibility index (Phi) is 2.56. The van der Waals surface area contributed by atoms with Gasteiger partial charge in [0.25, 0.3) is 0 Å². The minimum absolute atomic E-state index is 0.282. The van der Waals surface area contributed by atoms with Crippen molar-refractivity contribution in [1.29, 1.82) is 0 Å². The third-order valence-corrected chi connectivity index (χ3v) is 2.53. The molecule has 0 spiro atoms. The Morgan fingerprint density at radius 3 is 2.93 bits per heavy atom. The quantitative estimate of drug-likeness (QED) is 0.719. The monoisotopic (exact) mass is 195 g/mol. The topological polar surface area (TPSA) is 39.1 Å². The Morgan fingerprint density at radius 2 is 2.36 bits per heavy atom. The molecule has 2 heterocycles. The van der Waals surface area contributed by atoms with Crippen LogP contribution in [0.1, 0.15) is 24.4 Å². The molecule has 1 aromatic heterocycles. The Hall–Kier alpha value is -0.870. The first-order valence-electron chi connectivity index (χ1n) is 5.01. The second kappa shape index (κ2) is 3.71. The van der Waals surface area contributed by atoms with E-state index in [9.17, 15) is 0 Å². The normalized spacial score (nSPS) is 27.9. The molecule has 0 bridgehead atoms. The van der Waals surface area contributed by atoms with Crippen LogP contribution in [0.5, 0.6) is 0 Å². The van der Waals surface area contributed by atoms with E-state index in [1.807, 2.05) is 18.7 Å². The molecule has 78 valence electrons. The van der Waals surface area contributed by atoms with Crippen LogP contribution in [-0.4, -0.2) is 29.0 Å². The van der Waals surface area contributed by atoms with Crippen molar-refractivity contribution in [2.24, 2.45) is 7.05 Å². The van der Waals surface area contributed by atoms with Gasteiger partial charge in [-0.3, -0.25) is 4.68 Å². The maximum absolute atomic E-state index is 5.51. The first-order valence-corrected chi connectivity index (χ1v) is 5.01. The molecule has 2 atom stereocenters. The Labute approximate surface area is 84.3 Å². The van der Waals surface area contributed by atoms with Crippen molar-refractivity contribution in [2.45, 2.75) is 25.9 Å². The summed E-state index contributed by atoms with van der Waals surface area (Å²) in [5, 5.41) is 7.83. The van der Waals surface area contributed by atoms with Crippen molar-refractivity contribution in [3.63, 3.8) is 0 Å². The molecule has 0 saturated carbocycles. The molecule has 14 heavy (non-hydrogen) atoms. The molecule has 4 nitrogen and oxygen atoms in total. The zero-order valence-electron chi connectivity index (χ0n) is 8.95. The number of ether oxygens (including phenoxy) is 1. The van der Waals surface area contributed by atoms with Gasteiger partial charge in [0.05, 0.1) is 30.6 Å². The molecular formula is C10H17N3O. The first kappa shape index (κ1) is 9.68. The van der Waals surface area contributed by atoms with Crippen molar-refractivity contribution in [3.05, 3.63) is 17.5 Å². The van der Waals surface area contributed by atoms with E-state index in [4.69, 9.17) is 4.74 Å². The van der Waals surface area contributed by atoms with Crippen molar-refractivity contribution < 1.29 is 4.74 Å². The van der Waals surface area contributed by atoms with E-state index in [-0.39, 0.29) is 6.04 Å². The molecule has 1 saturated heterocycles. The van der Waals surface area contributed by atoms with Gasteiger partial charge in [-0.2, -0.15) is 5.10 Å². The number of rotatable bonds is 1. The summed E-state index contributed by atoms with van der Waals surface area (Å²) in [4.78, 5) is 0. The van der Waals surface area contributed by atoms with Crippen LogP contribution in [0.3, 0.4) is 0 Å². The van der Waals surface area contributed by atoms with Crippen molar-refractivity contribution in [3.8, 4) is 0 Å². The SMILES string of the molecule is Cc1cc(C2COCC(C)N2)n(C)n1. The van der Waals surface area contributed by atoms with Gasteiger partial charge >= 0.3 is 0 Å². The maximum Gasteiger partial charge on any atom is 0.0732 e. The number of aryl methyl sites for hydroxylation is 2. The van der Waals surface area contributed by atoms with Crippen LogP contribution in [0.4, 0.5) is 0 Å². The third kappa shape index (κ3) is 1.81. The summed E-state index contributed by atoms with van der Waals surface area (Å²) in [6.07, 6.45) is 0. The summed E-state index contributed by atoms with van der Waals surface area (Å²) in [5.74, 6) is 0. The second-order valence-electron chi connectivity index (χ2n) is 3.99. The van der Waals surface area contributed by atoms with Crippen LogP contribution in [0.25, 0.3) is 0 Å². The highest BCUT2D eigenvalue weighted by atomic mass is 16.5. The zero-order valence-corrected chi connectivity index (χ0v) is 8.95. The van der Waals surface area contributed by atoms with E-state index in [0.717, 1.165) is 18.9 Å². The summed E-state index contributed by atoms with van der Waals surface area (Å²) in [6.45, 7) is 5.68. The van der Waals surface area contributed by atoms with E-state index in [1.54, 1.807) is 0 Å². The van der Waals surface area contributed by atoms with Gasteiger partial charge in [0, 0.05) is 13.1 Å². The van der Waals surface area contributed by atoms with Crippen LogP contribution in [0, 0.1) is 6.92 Å². The zero-order chi connectivity index (χ0) is 10.1. The van der Waals surface area contributed by atoms with Gasteiger partial charge in [-0.05, 0) is 19.9 Å². The lowest BCUT2D eigenvalue weighted by Crippen LogP contribution is -2.42. The molecule has 0 radical (unpaired) electrons. The lowest BCUT2D eigenvalue weighted by atomic mass is 10.1. The van der Waals surface area contributed by atoms with Crippen molar-refractivity contribution in [1.82, 2.24) is 15.1 Å². The summed E-state index contributed by atoms with van der Waals surface area (Å²) in [5.41, 5.74) is 2.26. The van der Waals surface area contributed by atoms with Gasteiger partial charge in [0.2, 0.25) is 0 Å². The first-order chi connectivity index (χ1) is 6.66. The number of aromatic nitrogens is 2. The lowest BCUT2D eigenvalue weighted by molar-refractivity contribution is 0.0481. The molecule has 2 rings (SSSR count). The predicted molar refractivity (Wildman–Crippen MR) is 54.1 cm³/mol. The number of nitrogens with one attached hydrogen (secondary N) is 1. The smallest absolute Gasteiger partial charge is 0.0732 e. The fourth-order valence-electron chi connectivity index (χ4n) is 1.93. The van der Waals surface area contributed by atoms with Gasteiger partial charge < -0.3 is 10.1 Å². The third-order valence-electron chi connectivity index (χ3n) is 2.53. The molecule has 0 aliphatic carbocycles. The predicted octanol–water partition coefficient (Wildman–Crippen LogP) is 0.778. The summed E-state index contributed by atoms with van der Waals surface area (Å²) in [6, 6.07) is 2.81. The molecule has 1 aromatic rings. The molecule has 1 aliphatic heterocycles. The maximum atomic E-state index is 5.51. The highest BCUT2D eigenvalue weighted by Gasteiger charge is 2.22. The number of hydrogen-bond acceptors (Lipinski definition) is 3. The average Bonchev–Trinajstić information content (AvgIpc) is 2.45. The molecular weight excluding hydrogens is 178 g/mol. The molecule has 0 amide bonds. The fourth-order valence-corrected chi connectivity index (χ4v) is 1.93. The lowest BCUT2D eigenvalue weighted by Gasteiger charge is -2.28. The molecule has 1 fully saturated rings. The van der Waals surface area contributed by atoms with Crippen LogP contribution >= 0.6 is 0 Å². The van der Waals surface area contributed by atoms with E-state index in [0.29, 0.717) is 6.04 Å². The van der Waals surface area contributed by atoms with Gasteiger partial charge in [0.1, 0.15) is 0 Å². The van der Waals surface area contributed by atoms with E-state index < -0.39 is 0 Å². The van der Waals surface area contributed by atoms with Crippen LogP contribution < -0.4 is 5.32 Å². The summed E-state index contributed by atoms with van der Waals surface area (Å²) < 4.78 is 7.43. The molecule has 4 heteroatoms.